The summed E-state index contributed by atoms with van der Waals surface area (Å²) in [5.41, 5.74) is 1.10. The Kier molecular flexibility index (Phi) is 5.28. The summed E-state index contributed by atoms with van der Waals surface area (Å²) in [6.45, 7) is 3.84. The van der Waals surface area contributed by atoms with E-state index in [4.69, 9.17) is 4.74 Å². The Morgan fingerprint density at radius 3 is 2.85 bits per heavy atom. The first-order valence-electron chi connectivity index (χ1n) is 9.11. The second-order valence-corrected chi connectivity index (χ2v) is 7.99. The minimum Gasteiger partial charge on any atom is -0.383 e. The minimum atomic E-state index is 0.108. The van der Waals surface area contributed by atoms with Gasteiger partial charge in [0, 0.05) is 57.3 Å². The number of hydrogen-bond acceptors (Lipinski definition) is 6. The molecule has 0 aromatic carbocycles. The number of carbonyl (C=O) groups is 1. The summed E-state index contributed by atoms with van der Waals surface area (Å²) in [5.74, 6) is 1.18. The largest absolute Gasteiger partial charge is 0.383 e. The summed E-state index contributed by atoms with van der Waals surface area (Å²) >= 11 is 1.65. The maximum atomic E-state index is 12.7. The normalized spacial score (nSPS) is 23.4. The molecule has 3 fully saturated rings. The van der Waals surface area contributed by atoms with Crippen LogP contribution in [-0.4, -0.2) is 65.1 Å². The van der Waals surface area contributed by atoms with E-state index >= 15 is 0 Å². The van der Waals surface area contributed by atoms with E-state index in [0.29, 0.717) is 25.1 Å². The molecule has 0 radical (unpaired) electrons. The van der Waals surface area contributed by atoms with E-state index in [9.17, 15) is 4.79 Å². The molecule has 7 heteroatoms. The zero-order valence-corrected chi connectivity index (χ0v) is 15.8. The number of piperidine rings is 1. The van der Waals surface area contributed by atoms with Crippen LogP contribution >= 0.6 is 11.3 Å². The standard InChI is InChI=1S/C19H24N4O2S/c1-25-7-6-23-16-5-4-15(19(23)24)12-22(13-16)11-14-9-20-18(21-10-14)17-3-2-8-26-17/h2-3,8-10,15-16H,4-7,11-13H2,1H3/t15-,16+/m0/s1. The highest BCUT2D eigenvalue weighted by atomic mass is 32.1. The fourth-order valence-electron chi connectivity index (χ4n) is 3.97. The molecule has 0 N–H and O–H groups in total. The van der Waals surface area contributed by atoms with Crippen LogP contribution in [0.2, 0.25) is 0 Å². The van der Waals surface area contributed by atoms with Gasteiger partial charge in [0.15, 0.2) is 5.82 Å². The fraction of sp³-hybridized carbons (Fsp3) is 0.526. The molecule has 2 aromatic heterocycles. The average Bonchev–Trinajstić information content (AvgIpc) is 3.07. The number of methoxy groups -OCH3 is 1. The van der Waals surface area contributed by atoms with Gasteiger partial charge >= 0.3 is 0 Å². The van der Waals surface area contributed by atoms with Crippen LogP contribution in [0.3, 0.4) is 0 Å². The van der Waals surface area contributed by atoms with Gasteiger partial charge in [-0.1, -0.05) is 6.07 Å². The number of carbonyl (C=O) groups excluding carboxylic acids is 1. The Hall–Kier alpha value is -1.83. The zero-order valence-electron chi connectivity index (χ0n) is 15.0. The monoisotopic (exact) mass is 372 g/mol. The van der Waals surface area contributed by atoms with Gasteiger partial charge in [-0.05, 0) is 24.3 Å². The summed E-state index contributed by atoms with van der Waals surface area (Å²) in [4.78, 5) is 27.2. The van der Waals surface area contributed by atoms with Crippen LogP contribution in [-0.2, 0) is 16.1 Å². The molecule has 6 nitrogen and oxygen atoms in total. The molecule has 2 atom stereocenters. The Labute approximate surface area is 157 Å². The lowest BCUT2D eigenvalue weighted by atomic mass is 9.94. The van der Waals surface area contributed by atoms with E-state index < -0.39 is 0 Å². The number of hydrogen-bond donors (Lipinski definition) is 0. The van der Waals surface area contributed by atoms with Gasteiger partial charge in [0.2, 0.25) is 5.91 Å². The third-order valence-corrected chi connectivity index (χ3v) is 6.12. The smallest absolute Gasteiger partial charge is 0.227 e. The number of thiophene rings is 1. The summed E-state index contributed by atoms with van der Waals surface area (Å²) in [6, 6.07) is 4.34. The molecular formula is C19H24N4O2S. The number of rotatable bonds is 6. The Bertz CT molecular complexity index is 735. The molecule has 2 aromatic rings. The van der Waals surface area contributed by atoms with Crippen LogP contribution in [0.5, 0.6) is 0 Å². The van der Waals surface area contributed by atoms with Gasteiger partial charge in [-0.2, -0.15) is 0 Å². The van der Waals surface area contributed by atoms with E-state index in [-0.39, 0.29) is 5.92 Å². The molecule has 0 spiro atoms. The van der Waals surface area contributed by atoms with Crippen LogP contribution in [0.4, 0.5) is 0 Å². The quantitative estimate of drug-likeness (QED) is 0.779. The highest BCUT2D eigenvalue weighted by molar-refractivity contribution is 7.13. The topological polar surface area (TPSA) is 58.6 Å². The van der Waals surface area contributed by atoms with Gasteiger partial charge in [-0.3, -0.25) is 9.69 Å². The van der Waals surface area contributed by atoms with Crippen molar-refractivity contribution in [1.29, 1.82) is 0 Å². The number of ether oxygens (including phenoxy) is 1. The number of nitrogens with zero attached hydrogens (tertiary/aromatic N) is 4. The molecule has 3 aliphatic heterocycles. The minimum absolute atomic E-state index is 0.108. The SMILES string of the molecule is COCCN1C(=O)[C@H]2CC[C@@H]1CN(Cc1cnc(-c3cccs3)nc1)C2. The fourth-order valence-corrected chi connectivity index (χ4v) is 4.64. The summed E-state index contributed by atoms with van der Waals surface area (Å²) in [7, 11) is 1.69. The van der Waals surface area contributed by atoms with Crippen molar-refractivity contribution in [2.24, 2.45) is 5.92 Å². The number of fused-ring (bicyclic) bond motifs is 4. The molecule has 3 aliphatic rings. The van der Waals surface area contributed by atoms with Gasteiger partial charge in [-0.25, -0.2) is 9.97 Å². The van der Waals surface area contributed by atoms with Crippen LogP contribution in [0.15, 0.2) is 29.9 Å². The third kappa shape index (κ3) is 3.65. The lowest BCUT2D eigenvalue weighted by Gasteiger charge is -2.35. The molecule has 0 saturated carbocycles. The van der Waals surface area contributed by atoms with Crippen molar-refractivity contribution in [2.75, 3.05) is 33.4 Å². The van der Waals surface area contributed by atoms with Gasteiger partial charge in [0.1, 0.15) is 0 Å². The second kappa shape index (κ2) is 7.82. The van der Waals surface area contributed by atoms with Gasteiger partial charge in [0.05, 0.1) is 17.4 Å². The molecule has 0 unspecified atom stereocenters. The van der Waals surface area contributed by atoms with Crippen molar-refractivity contribution < 1.29 is 9.53 Å². The first kappa shape index (κ1) is 17.6. The molecule has 26 heavy (non-hydrogen) atoms. The van der Waals surface area contributed by atoms with Gasteiger partial charge < -0.3 is 9.64 Å². The van der Waals surface area contributed by atoms with E-state index in [1.807, 2.05) is 34.8 Å². The molecule has 138 valence electrons. The van der Waals surface area contributed by atoms with E-state index in [1.54, 1.807) is 18.4 Å². The maximum Gasteiger partial charge on any atom is 0.227 e. The highest BCUT2D eigenvalue weighted by Gasteiger charge is 2.40. The molecule has 5 heterocycles. The predicted octanol–water partition coefficient (Wildman–Crippen LogP) is 2.27. The van der Waals surface area contributed by atoms with Crippen molar-refractivity contribution >= 4 is 17.2 Å². The third-order valence-electron chi connectivity index (χ3n) is 5.26. The lowest BCUT2D eigenvalue weighted by molar-refractivity contribution is -0.140. The molecule has 3 saturated heterocycles. The van der Waals surface area contributed by atoms with Crippen LogP contribution in [0.1, 0.15) is 18.4 Å². The molecule has 2 bridgehead atoms. The van der Waals surface area contributed by atoms with Crippen molar-refractivity contribution in [1.82, 2.24) is 19.8 Å². The second-order valence-electron chi connectivity index (χ2n) is 7.04. The van der Waals surface area contributed by atoms with E-state index in [2.05, 4.69) is 14.9 Å². The Morgan fingerprint density at radius 2 is 2.12 bits per heavy atom. The summed E-state index contributed by atoms with van der Waals surface area (Å²) in [6.07, 6.45) is 5.92. The highest BCUT2D eigenvalue weighted by Crippen LogP contribution is 2.29. The Morgan fingerprint density at radius 1 is 1.27 bits per heavy atom. The first-order chi connectivity index (χ1) is 12.7. The molecule has 0 aliphatic carbocycles. The molecular weight excluding hydrogens is 348 g/mol. The van der Waals surface area contributed by atoms with Crippen molar-refractivity contribution in [3.63, 3.8) is 0 Å². The van der Waals surface area contributed by atoms with Crippen LogP contribution in [0, 0.1) is 5.92 Å². The zero-order chi connectivity index (χ0) is 17.9. The number of aromatic nitrogens is 2. The average molecular weight is 372 g/mol. The van der Waals surface area contributed by atoms with Gasteiger partial charge in [0.25, 0.3) is 0 Å². The molecule has 5 rings (SSSR count). The lowest BCUT2D eigenvalue weighted by Crippen LogP contribution is -2.49. The van der Waals surface area contributed by atoms with Crippen molar-refractivity contribution in [3.8, 4) is 10.7 Å². The summed E-state index contributed by atoms with van der Waals surface area (Å²) < 4.78 is 5.18. The predicted molar refractivity (Wildman–Crippen MR) is 101 cm³/mol. The van der Waals surface area contributed by atoms with Gasteiger partial charge in [-0.15, -0.1) is 11.3 Å². The number of amides is 1. The van der Waals surface area contributed by atoms with Crippen LogP contribution in [0.25, 0.3) is 10.7 Å². The first-order valence-corrected chi connectivity index (χ1v) is 9.99. The van der Waals surface area contributed by atoms with Crippen LogP contribution < -0.4 is 0 Å². The van der Waals surface area contributed by atoms with Crippen molar-refractivity contribution in [3.05, 3.63) is 35.5 Å². The Balaban J connectivity index is 1.43. The van der Waals surface area contributed by atoms with Crippen molar-refractivity contribution in [2.45, 2.75) is 25.4 Å². The van der Waals surface area contributed by atoms with E-state index in [0.717, 1.165) is 48.7 Å². The molecule has 1 amide bonds. The van der Waals surface area contributed by atoms with E-state index in [1.165, 1.54) is 0 Å². The summed E-state index contributed by atoms with van der Waals surface area (Å²) in [5, 5.41) is 2.03. The maximum absolute atomic E-state index is 12.7.